The number of nitrogens with one attached hydrogen (secondary N) is 1. The number of nitrogens with zero attached hydrogens (tertiary/aromatic N) is 1. The van der Waals surface area contributed by atoms with Crippen LogP contribution >= 0.6 is 15.9 Å². The third kappa shape index (κ3) is 1.95. The van der Waals surface area contributed by atoms with E-state index in [2.05, 4.69) is 20.9 Å². The first-order valence-corrected chi connectivity index (χ1v) is 4.93. The molecule has 0 saturated carbocycles. The van der Waals surface area contributed by atoms with E-state index in [-0.39, 0.29) is 10.9 Å². The van der Waals surface area contributed by atoms with Gasteiger partial charge in [-0.2, -0.15) is 13.2 Å². The molecule has 0 amide bonds. The maximum Gasteiger partial charge on any atom is 0.431 e. The molecule has 84 valence electrons. The van der Waals surface area contributed by atoms with Crippen LogP contribution in [0.5, 0.6) is 0 Å². The van der Waals surface area contributed by atoms with Crippen LogP contribution in [0.2, 0.25) is 0 Å². The molecule has 0 aromatic carbocycles. The lowest BCUT2D eigenvalue weighted by molar-refractivity contribution is -0.141. The molecule has 0 aliphatic carbocycles. The number of hydrogen-bond acceptors (Lipinski definition) is 2. The second kappa shape index (κ2) is 3.58. The van der Waals surface area contributed by atoms with Gasteiger partial charge in [-0.15, -0.1) is 0 Å². The van der Waals surface area contributed by atoms with Gasteiger partial charge in [0.25, 0.3) is 5.56 Å². The van der Waals surface area contributed by atoms with Crippen molar-refractivity contribution in [2.75, 3.05) is 0 Å². The van der Waals surface area contributed by atoms with Crippen LogP contribution in [0.4, 0.5) is 13.2 Å². The fourth-order valence-corrected chi connectivity index (χ4v) is 1.59. The average Bonchev–Trinajstić information content (AvgIpc) is 2.17. The van der Waals surface area contributed by atoms with Crippen LogP contribution in [-0.2, 0) is 6.18 Å². The summed E-state index contributed by atoms with van der Waals surface area (Å²) in [6.07, 6.45) is -3.25. The van der Waals surface area contributed by atoms with Gasteiger partial charge in [-0.05, 0) is 28.1 Å². The van der Waals surface area contributed by atoms with Crippen LogP contribution in [0.1, 0.15) is 5.69 Å². The maximum atomic E-state index is 12.4. The van der Waals surface area contributed by atoms with E-state index in [9.17, 15) is 18.0 Å². The van der Waals surface area contributed by atoms with Gasteiger partial charge in [0, 0.05) is 10.7 Å². The standard InChI is InChI=1S/C9H4BrF3N2O/c10-4-1-5-6(14-3-4)2-7(9(11,12)13)15-8(5)16/h1-3H,(H,15,16). The summed E-state index contributed by atoms with van der Waals surface area (Å²) in [6, 6.07) is 2.23. The summed E-state index contributed by atoms with van der Waals surface area (Å²) in [7, 11) is 0. The van der Waals surface area contributed by atoms with Crippen molar-refractivity contribution in [3.05, 3.63) is 38.9 Å². The van der Waals surface area contributed by atoms with Crippen molar-refractivity contribution in [1.29, 1.82) is 0 Å². The number of alkyl halides is 3. The monoisotopic (exact) mass is 292 g/mol. The van der Waals surface area contributed by atoms with E-state index in [0.29, 0.717) is 4.47 Å². The fourth-order valence-electron chi connectivity index (χ4n) is 1.26. The number of halogens is 4. The molecule has 0 aliphatic rings. The van der Waals surface area contributed by atoms with Gasteiger partial charge in [-0.25, -0.2) is 0 Å². The Labute approximate surface area is 95.4 Å². The molecule has 0 saturated heterocycles. The Balaban J connectivity index is 2.79. The molecule has 2 rings (SSSR count). The van der Waals surface area contributed by atoms with Crippen LogP contribution in [0.25, 0.3) is 10.9 Å². The number of hydrogen-bond donors (Lipinski definition) is 1. The summed E-state index contributed by atoms with van der Waals surface area (Å²) in [4.78, 5) is 16.9. The summed E-state index contributed by atoms with van der Waals surface area (Å²) in [5.74, 6) is 0. The van der Waals surface area contributed by atoms with Crippen molar-refractivity contribution in [2.24, 2.45) is 0 Å². The zero-order valence-electron chi connectivity index (χ0n) is 7.60. The van der Waals surface area contributed by atoms with Gasteiger partial charge in [0.15, 0.2) is 0 Å². The van der Waals surface area contributed by atoms with E-state index < -0.39 is 17.4 Å². The SMILES string of the molecule is O=c1[nH]c(C(F)(F)F)cc2ncc(Br)cc12. The Kier molecular flexibility index (Phi) is 2.49. The number of aromatic nitrogens is 2. The molecule has 1 N–H and O–H groups in total. The molecule has 0 aliphatic heterocycles. The predicted molar refractivity (Wildman–Crippen MR) is 55.1 cm³/mol. The third-order valence-corrected chi connectivity index (χ3v) is 2.40. The van der Waals surface area contributed by atoms with E-state index >= 15 is 0 Å². The fraction of sp³-hybridized carbons (Fsp3) is 0.111. The number of rotatable bonds is 0. The second-order valence-electron chi connectivity index (χ2n) is 3.10. The van der Waals surface area contributed by atoms with E-state index in [1.54, 1.807) is 4.98 Å². The molecule has 0 radical (unpaired) electrons. The lowest BCUT2D eigenvalue weighted by Gasteiger charge is -2.06. The quantitative estimate of drug-likeness (QED) is 0.811. The van der Waals surface area contributed by atoms with Crippen LogP contribution < -0.4 is 5.56 Å². The van der Waals surface area contributed by atoms with E-state index in [1.807, 2.05) is 0 Å². The summed E-state index contributed by atoms with van der Waals surface area (Å²) < 4.78 is 37.6. The number of aromatic amines is 1. The van der Waals surface area contributed by atoms with Crippen LogP contribution in [-0.4, -0.2) is 9.97 Å². The van der Waals surface area contributed by atoms with Crippen molar-refractivity contribution in [1.82, 2.24) is 9.97 Å². The highest BCUT2D eigenvalue weighted by Gasteiger charge is 2.32. The van der Waals surface area contributed by atoms with Gasteiger partial charge < -0.3 is 4.98 Å². The molecule has 2 aromatic heterocycles. The highest BCUT2D eigenvalue weighted by molar-refractivity contribution is 9.10. The highest BCUT2D eigenvalue weighted by Crippen LogP contribution is 2.28. The number of fused-ring (bicyclic) bond motifs is 1. The van der Waals surface area contributed by atoms with Crippen molar-refractivity contribution in [3.63, 3.8) is 0 Å². The van der Waals surface area contributed by atoms with Gasteiger partial charge in [0.1, 0.15) is 5.69 Å². The summed E-state index contributed by atoms with van der Waals surface area (Å²) in [6.45, 7) is 0. The van der Waals surface area contributed by atoms with Gasteiger partial charge in [0.2, 0.25) is 0 Å². The molecule has 2 heterocycles. The largest absolute Gasteiger partial charge is 0.431 e. The van der Waals surface area contributed by atoms with Crippen molar-refractivity contribution in [3.8, 4) is 0 Å². The van der Waals surface area contributed by atoms with Crippen molar-refractivity contribution < 1.29 is 13.2 Å². The molecule has 0 bridgehead atoms. The first kappa shape index (κ1) is 11.1. The summed E-state index contributed by atoms with van der Waals surface area (Å²) in [5, 5.41) is 0.113. The minimum atomic E-state index is -4.58. The van der Waals surface area contributed by atoms with Crippen molar-refractivity contribution in [2.45, 2.75) is 6.18 Å². The first-order chi connectivity index (χ1) is 7.38. The molecule has 3 nitrogen and oxygen atoms in total. The predicted octanol–water partition coefficient (Wildman–Crippen LogP) is 2.70. The van der Waals surface area contributed by atoms with Gasteiger partial charge in [0.05, 0.1) is 10.9 Å². The van der Waals surface area contributed by atoms with E-state index in [1.165, 1.54) is 12.3 Å². The molecule has 0 unspecified atom stereocenters. The lowest BCUT2D eigenvalue weighted by Crippen LogP contribution is -2.16. The normalized spacial score (nSPS) is 12.0. The molecule has 0 atom stereocenters. The number of H-pyrrole nitrogens is 1. The van der Waals surface area contributed by atoms with Crippen LogP contribution in [0.15, 0.2) is 27.6 Å². The van der Waals surface area contributed by atoms with Gasteiger partial charge in [-0.1, -0.05) is 0 Å². The molecule has 16 heavy (non-hydrogen) atoms. The minimum Gasteiger partial charge on any atom is -0.318 e. The lowest BCUT2D eigenvalue weighted by atomic mass is 10.2. The Bertz CT molecular complexity index is 606. The molecule has 0 fully saturated rings. The maximum absolute atomic E-state index is 12.4. The zero-order valence-corrected chi connectivity index (χ0v) is 9.19. The molecular weight excluding hydrogens is 289 g/mol. The Morgan fingerprint density at radius 2 is 2.00 bits per heavy atom. The van der Waals surface area contributed by atoms with Gasteiger partial charge >= 0.3 is 6.18 Å². The topological polar surface area (TPSA) is 45.8 Å². The Morgan fingerprint density at radius 1 is 1.31 bits per heavy atom. The Hall–Kier alpha value is -1.37. The Morgan fingerprint density at radius 3 is 2.62 bits per heavy atom. The molecule has 7 heteroatoms. The van der Waals surface area contributed by atoms with Gasteiger partial charge in [-0.3, -0.25) is 9.78 Å². The highest BCUT2D eigenvalue weighted by atomic mass is 79.9. The molecular formula is C9H4BrF3N2O. The first-order valence-electron chi connectivity index (χ1n) is 4.14. The average molecular weight is 293 g/mol. The summed E-state index contributed by atoms with van der Waals surface area (Å²) >= 11 is 3.09. The third-order valence-electron chi connectivity index (χ3n) is 1.96. The van der Waals surface area contributed by atoms with E-state index in [0.717, 1.165) is 6.07 Å². The summed E-state index contributed by atoms with van der Waals surface area (Å²) in [5.41, 5.74) is -1.89. The smallest absolute Gasteiger partial charge is 0.318 e. The second-order valence-corrected chi connectivity index (χ2v) is 4.01. The van der Waals surface area contributed by atoms with Crippen molar-refractivity contribution >= 4 is 26.8 Å². The van der Waals surface area contributed by atoms with Crippen LogP contribution in [0.3, 0.4) is 0 Å². The zero-order chi connectivity index (χ0) is 11.9. The van der Waals surface area contributed by atoms with Crippen LogP contribution in [0, 0.1) is 0 Å². The molecule has 2 aromatic rings. The molecule has 0 spiro atoms. The van der Waals surface area contributed by atoms with E-state index in [4.69, 9.17) is 0 Å². The minimum absolute atomic E-state index is 0.0132. The number of pyridine rings is 2.